The summed E-state index contributed by atoms with van der Waals surface area (Å²) in [6, 6.07) is 13.4. The molecule has 0 bridgehead atoms. The lowest BCUT2D eigenvalue weighted by molar-refractivity contribution is -0.00202. The third-order valence-corrected chi connectivity index (χ3v) is 6.77. The number of carbonyl (C=O) groups is 2. The quantitative estimate of drug-likeness (QED) is 0.575. The van der Waals surface area contributed by atoms with Gasteiger partial charge in [-0.25, -0.2) is 4.68 Å². The molecule has 0 unspecified atom stereocenters. The lowest BCUT2D eigenvalue weighted by Gasteiger charge is -2.35. The highest BCUT2D eigenvalue weighted by Crippen LogP contribution is 2.28. The molecule has 0 N–H and O–H groups in total. The second kappa shape index (κ2) is 9.19. The molecular formula is C25H26ClN5O3. The molecule has 2 aromatic carbocycles. The van der Waals surface area contributed by atoms with Crippen LogP contribution in [0.15, 0.2) is 42.5 Å². The van der Waals surface area contributed by atoms with Crippen LogP contribution in [0.2, 0.25) is 5.02 Å². The van der Waals surface area contributed by atoms with E-state index in [1.165, 1.54) is 0 Å². The van der Waals surface area contributed by atoms with Crippen LogP contribution in [0.5, 0.6) is 0 Å². The standard InChI is InChI=1S/C25H26ClN5O3/c1-16-3-4-17(2)20(13-16)24(32)29-9-11-30(12-10-29)25(33)23-21-15-34-22(14-31(21)28-27-23)18-5-7-19(26)8-6-18/h3-8,13,22H,9-12,14-15H2,1-2H3/t22-/m1/s1. The lowest BCUT2D eigenvalue weighted by Crippen LogP contribution is -2.51. The van der Waals surface area contributed by atoms with Crippen LogP contribution in [0.25, 0.3) is 0 Å². The number of benzene rings is 2. The highest BCUT2D eigenvalue weighted by molar-refractivity contribution is 6.30. The van der Waals surface area contributed by atoms with Crippen LogP contribution in [-0.4, -0.2) is 62.8 Å². The minimum absolute atomic E-state index is 0.0102. The van der Waals surface area contributed by atoms with E-state index in [1.807, 2.05) is 61.2 Å². The molecule has 1 fully saturated rings. The molecule has 2 aliphatic rings. The second-order valence-corrected chi connectivity index (χ2v) is 9.26. The van der Waals surface area contributed by atoms with Gasteiger partial charge in [0.05, 0.1) is 18.8 Å². The van der Waals surface area contributed by atoms with Crippen molar-refractivity contribution in [2.75, 3.05) is 26.2 Å². The minimum Gasteiger partial charge on any atom is -0.365 e. The molecule has 2 aliphatic heterocycles. The van der Waals surface area contributed by atoms with Crippen molar-refractivity contribution in [3.63, 3.8) is 0 Å². The van der Waals surface area contributed by atoms with Gasteiger partial charge >= 0.3 is 0 Å². The van der Waals surface area contributed by atoms with Gasteiger partial charge in [-0.2, -0.15) is 0 Å². The Morgan fingerprint density at radius 1 is 0.971 bits per heavy atom. The number of carbonyl (C=O) groups excluding carboxylic acids is 2. The van der Waals surface area contributed by atoms with Crippen LogP contribution in [0.3, 0.4) is 0 Å². The van der Waals surface area contributed by atoms with Crippen molar-refractivity contribution in [3.05, 3.63) is 81.1 Å². The van der Waals surface area contributed by atoms with Gasteiger partial charge in [-0.1, -0.05) is 46.6 Å². The largest absolute Gasteiger partial charge is 0.365 e. The summed E-state index contributed by atoms with van der Waals surface area (Å²) in [5, 5.41) is 9.06. The molecule has 1 aromatic heterocycles. The summed E-state index contributed by atoms with van der Waals surface area (Å²) in [6.45, 7) is 6.54. The first-order valence-electron chi connectivity index (χ1n) is 11.4. The summed E-state index contributed by atoms with van der Waals surface area (Å²) in [5.74, 6) is -0.162. The molecule has 1 saturated heterocycles. The van der Waals surface area contributed by atoms with Gasteiger partial charge in [-0.3, -0.25) is 9.59 Å². The molecule has 8 nitrogen and oxygen atoms in total. The van der Waals surface area contributed by atoms with Gasteiger partial charge < -0.3 is 14.5 Å². The Hall–Kier alpha value is -3.23. The number of nitrogens with zero attached hydrogens (tertiary/aromatic N) is 5. The number of hydrogen-bond acceptors (Lipinski definition) is 5. The molecule has 0 spiro atoms. The van der Waals surface area contributed by atoms with Crippen molar-refractivity contribution in [1.29, 1.82) is 0 Å². The number of ether oxygens (including phenoxy) is 1. The first kappa shape index (κ1) is 22.6. The molecular weight excluding hydrogens is 454 g/mol. The van der Waals surface area contributed by atoms with E-state index in [0.717, 1.165) is 22.3 Å². The number of amides is 2. The molecule has 34 heavy (non-hydrogen) atoms. The van der Waals surface area contributed by atoms with Crippen LogP contribution in [0.1, 0.15) is 49.3 Å². The van der Waals surface area contributed by atoms with E-state index in [4.69, 9.17) is 16.3 Å². The Labute approximate surface area is 203 Å². The summed E-state index contributed by atoms with van der Waals surface area (Å²) in [4.78, 5) is 29.8. The van der Waals surface area contributed by atoms with Gasteiger partial charge in [0.25, 0.3) is 11.8 Å². The maximum absolute atomic E-state index is 13.2. The molecule has 0 aliphatic carbocycles. The number of rotatable bonds is 3. The predicted octanol–water partition coefficient (Wildman–Crippen LogP) is 3.42. The van der Waals surface area contributed by atoms with E-state index < -0.39 is 0 Å². The Morgan fingerprint density at radius 2 is 1.65 bits per heavy atom. The fourth-order valence-corrected chi connectivity index (χ4v) is 4.58. The highest BCUT2D eigenvalue weighted by atomic mass is 35.5. The smallest absolute Gasteiger partial charge is 0.276 e. The van der Waals surface area contributed by atoms with E-state index in [9.17, 15) is 9.59 Å². The first-order chi connectivity index (χ1) is 16.4. The summed E-state index contributed by atoms with van der Waals surface area (Å²) in [6.07, 6.45) is -0.172. The monoisotopic (exact) mass is 479 g/mol. The Kier molecular flexibility index (Phi) is 6.10. The molecule has 2 amide bonds. The number of fused-ring (bicyclic) bond motifs is 1. The van der Waals surface area contributed by atoms with E-state index in [-0.39, 0.29) is 24.5 Å². The number of piperazine rings is 1. The third-order valence-electron chi connectivity index (χ3n) is 6.52. The van der Waals surface area contributed by atoms with Crippen molar-refractivity contribution in [2.24, 2.45) is 0 Å². The van der Waals surface area contributed by atoms with Crippen molar-refractivity contribution < 1.29 is 14.3 Å². The zero-order valence-corrected chi connectivity index (χ0v) is 20.0. The summed E-state index contributed by atoms with van der Waals surface area (Å²) >= 11 is 5.98. The molecule has 9 heteroatoms. The maximum atomic E-state index is 13.2. The number of hydrogen-bond donors (Lipinski definition) is 0. The van der Waals surface area contributed by atoms with E-state index in [2.05, 4.69) is 10.3 Å². The van der Waals surface area contributed by atoms with Gasteiger partial charge in [0, 0.05) is 36.8 Å². The molecule has 3 heterocycles. The first-order valence-corrected chi connectivity index (χ1v) is 11.7. The van der Waals surface area contributed by atoms with Gasteiger partial charge in [0.1, 0.15) is 6.10 Å². The van der Waals surface area contributed by atoms with Crippen LogP contribution >= 0.6 is 11.6 Å². The zero-order valence-electron chi connectivity index (χ0n) is 19.2. The van der Waals surface area contributed by atoms with Gasteiger partial charge in [-0.15, -0.1) is 5.10 Å². The number of aryl methyl sites for hydroxylation is 2. The van der Waals surface area contributed by atoms with Crippen LogP contribution in [0.4, 0.5) is 0 Å². The normalized spacial score (nSPS) is 18.0. The van der Waals surface area contributed by atoms with E-state index in [1.54, 1.807) is 9.58 Å². The molecule has 1 atom stereocenters. The average molecular weight is 480 g/mol. The summed E-state index contributed by atoms with van der Waals surface area (Å²) in [5.41, 5.74) is 4.75. The van der Waals surface area contributed by atoms with Crippen LogP contribution in [-0.2, 0) is 17.9 Å². The Morgan fingerprint density at radius 3 is 2.35 bits per heavy atom. The van der Waals surface area contributed by atoms with Crippen molar-refractivity contribution >= 4 is 23.4 Å². The average Bonchev–Trinajstić information content (AvgIpc) is 3.28. The summed E-state index contributed by atoms with van der Waals surface area (Å²) in [7, 11) is 0. The zero-order chi connectivity index (χ0) is 23.8. The fraction of sp³-hybridized carbons (Fsp3) is 0.360. The van der Waals surface area contributed by atoms with Crippen molar-refractivity contribution in [2.45, 2.75) is 33.1 Å². The summed E-state index contributed by atoms with van der Waals surface area (Å²) < 4.78 is 7.76. The Bertz CT molecular complexity index is 1230. The SMILES string of the molecule is Cc1ccc(C)c(C(=O)N2CCN(C(=O)c3nnn4c3CO[C@@H](c3ccc(Cl)cc3)C4)CC2)c1. The number of halogens is 1. The van der Waals surface area contributed by atoms with Crippen LogP contribution < -0.4 is 0 Å². The van der Waals surface area contributed by atoms with Crippen molar-refractivity contribution in [3.8, 4) is 0 Å². The fourth-order valence-electron chi connectivity index (χ4n) is 4.46. The topological polar surface area (TPSA) is 80.6 Å². The van der Waals surface area contributed by atoms with Crippen LogP contribution in [0, 0.1) is 13.8 Å². The van der Waals surface area contributed by atoms with Gasteiger partial charge in [0.2, 0.25) is 0 Å². The molecule has 5 rings (SSSR count). The maximum Gasteiger partial charge on any atom is 0.276 e. The van der Waals surface area contributed by atoms with E-state index in [0.29, 0.717) is 49.1 Å². The highest BCUT2D eigenvalue weighted by Gasteiger charge is 2.32. The lowest BCUT2D eigenvalue weighted by atomic mass is 10.0. The molecule has 3 aromatic rings. The van der Waals surface area contributed by atoms with Crippen molar-refractivity contribution in [1.82, 2.24) is 24.8 Å². The predicted molar refractivity (Wildman–Crippen MR) is 127 cm³/mol. The molecule has 176 valence electrons. The second-order valence-electron chi connectivity index (χ2n) is 8.82. The molecule has 0 radical (unpaired) electrons. The number of aromatic nitrogens is 3. The third kappa shape index (κ3) is 4.31. The van der Waals surface area contributed by atoms with Gasteiger partial charge in [0.15, 0.2) is 5.69 Å². The van der Waals surface area contributed by atoms with Gasteiger partial charge in [-0.05, 0) is 43.2 Å². The molecule has 0 saturated carbocycles. The Balaban J connectivity index is 1.23. The van der Waals surface area contributed by atoms with E-state index >= 15 is 0 Å². The minimum atomic E-state index is -0.173.